The highest BCUT2D eigenvalue weighted by molar-refractivity contribution is 6.29. The Morgan fingerprint density at radius 3 is 2.56 bits per heavy atom. The van der Waals surface area contributed by atoms with Crippen molar-refractivity contribution in [2.24, 2.45) is 0 Å². The molecule has 1 aromatic heterocycles. The first-order chi connectivity index (χ1) is 8.67. The number of halogens is 1. The van der Waals surface area contributed by atoms with Crippen LogP contribution in [0.4, 0.5) is 17.5 Å². The van der Waals surface area contributed by atoms with Crippen LogP contribution >= 0.6 is 11.6 Å². The largest absolute Gasteiger partial charge is 0.368 e. The summed E-state index contributed by atoms with van der Waals surface area (Å²) in [6, 6.07) is 9.85. The summed E-state index contributed by atoms with van der Waals surface area (Å²) in [5.74, 6) is 0.753. The van der Waals surface area contributed by atoms with Crippen molar-refractivity contribution in [3.8, 4) is 0 Å². The van der Waals surface area contributed by atoms with Gasteiger partial charge in [-0.15, -0.1) is 0 Å². The molecule has 0 amide bonds. The highest BCUT2D eigenvalue weighted by Crippen LogP contribution is 2.19. The first-order valence-corrected chi connectivity index (χ1v) is 6.21. The van der Waals surface area contributed by atoms with E-state index < -0.39 is 0 Å². The van der Waals surface area contributed by atoms with Crippen molar-refractivity contribution in [3.63, 3.8) is 0 Å². The van der Waals surface area contributed by atoms with Crippen LogP contribution in [-0.2, 0) is 6.42 Å². The maximum absolute atomic E-state index is 5.81. The highest BCUT2D eigenvalue weighted by Gasteiger charge is 2.01. The van der Waals surface area contributed by atoms with E-state index in [2.05, 4.69) is 34.3 Å². The van der Waals surface area contributed by atoms with Crippen molar-refractivity contribution in [1.29, 1.82) is 0 Å². The molecule has 0 aliphatic carbocycles. The van der Waals surface area contributed by atoms with E-state index in [1.165, 1.54) is 5.56 Å². The number of hydrogen-bond donors (Lipinski definition) is 2. The summed E-state index contributed by atoms with van der Waals surface area (Å²) in [6.45, 7) is 2.16. The standard InChI is InChI=1S/C13H15ClN4/c1-2-3-9-4-6-10(7-5-9)16-12-8-11(14)17-13(15)18-12/h4-8H,2-3H2,1H3,(H3,15,16,17,18). The number of anilines is 3. The molecule has 0 radical (unpaired) electrons. The van der Waals surface area contributed by atoms with Gasteiger partial charge in [0.2, 0.25) is 5.95 Å². The maximum Gasteiger partial charge on any atom is 0.223 e. The predicted octanol–water partition coefficient (Wildman–Crippen LogP) is 3.41. The van der Waals surface area contributed by atoms with Gasteiger partial charge in [-0.3, -0.25) is 0 Å². The molecule has 3 N–H and O–H groups in total. The third kappa shape index (κ3) is 3.34. The average molecular weight is 263 g/mol. The topological polar surface area (TPSA) is 63.8 Å². The first kappa shape index (κ1) is 12.6. The number of rotatable bonds is 4. The van der Waals surface area contributed by atoms with Crippen LogP contribution in [0, 0.1) is 0 Å². The molecule has 1 heterocycles. The van der Waals surface area contributed by atoms with E-state index in [1.54, 1.807) is 6.07 Å². The van der Waals surface area contributed by atoms with Crippen molar-refractivity contribution in [2.45, 2.75) is 19.8 Å². The van der Waals surface area contributed by atoms with Crippen LogP contribution in [0.3, 0.4) is 0 Å². The molecule has 5 heteroatoms. The van der Waals surface area contributed by atoms with Crippen molar-refractivity contribution >= 4 is 29.1 Å². The van der Waals surface area contributed by atoms with Crippen LogP contribution in [0.5, 0.6) is 0 Å². The summed E-state index contributed by atoms with van der Waals surface area (Å²) in [5.41, 5.74) is 7.80. The van der Waals surface area contributed by atoms with E-state index in [1.807, 2.05) is 12.1 Å². The zero-order valence-corrected chi connectivity index (χ0v) is 10.9. The van der Waals surface area contributed by atoms with Crippen LogP contribution in [0.15, 0.2) is 30.3 Å². The highest BCUT2D eigenvalue weighted by atomic mass is 35.5. The summed E-state index contributed by atoms with van der Waals surface area (Å²) in [7, 11) is 0. The summed E-state index contributed by atoms with van der Waals surface area (Å²) < 4.78 is 0. The third-order valence-electron chi connectivity index (χ3n) is 2.48. The molecule has 2 aromatic rings. The lowest BCUT2D eigenvalue weighted by molar-refractivity contribution is 0.922. The normalized spacial score (nSPS) is 10.3. The smallest absolute Gasteiger partial charge is 0.223 e. The molecule has 0 saturated carbocycles. The van der Waals surface area contributed by atoms with Gasteiger partial charge in [0.25, 0.3) is 0 Å². The fourth-order valence-electron chi connectivity index (χ4n) is 1.69. The Bertz CT molecular complexity index is 505. The van der Waals surface area contributed by atoms with Crippen LogP contribution in [-0.4, -0.2) is 9.97 Å². The molecule has 0 fully saturated rings. The van der Waals surface area contributed by atoms with Crippen LogP contribution in [0.25, 0.3) is 0 Å². The van der Waals surface area contributed by atoms with Crippen molar-refractivity contribution in [2.75, 3.05) is 11.1 Å². The second-order valence-electron chi connectivity index (χ2n) is 4.01. The van der Waals surface area contributed by atoms with E-state index >= 15 is 0 Å². The van der Waals surface area contributed by atoms with Gasteiger partial charge in [-0.25, -0.2) is 4.98 Å². The van der Waals surface area contributed by atoms with Gasteiger partial charge in [0.15, 0.2) is 0 Å². The van der Waals surface area contributed by atoms with Gasteiger partial charge in [-0.05, 0) is 24.1 Å². The number of aryl methyl sites for hydroxylation is 1. The zero-order valence-electron chi connectivity index (χ0n) is 10.2. The maximum atomic E-state index is 5.81. The fraction of sp³-hybridized carbons (Fsp3) is 0.231. The third-order valence-corrected chi connectivity index (χ3v) is 2.67. The molecule has 2 rings (SSSR count). The minimum Gasteiger partial charge on any atom is -0.368 e. The van der Waals surface area contributed by atoms with Gasteiger partial charge in [-0.1, -0.05) is 37.1 Å². The number of aromatic nitrogens is 2. The molecule has 0 aliphatic rings. The molecule has 4 nitrogen and oxygen atoms in total. The number of hydrogen-bond acceptors (Lipinski definition) is 4. The zero-order chi connectivity index (χ0) is 13.0. The van der Waals surface area contributed by atoms with Crippen molar-refractivity contribution in [1.82, 2.24) is 9.97 Å². The molecular formula is C13H15ClN4. The Morgan fingerprint density at radius 1 is 1.22 bits per heavy atom. The van der Waals surface area contributed by atoms with Gasteiger partial charge < -0.3 is 11.1 Å². The van der Waals surface area contributed by atoms with Crippen LogP contribution in [0.1, 0.15) is 18.9 Å². The van der Waals surface area contributed by atoms with Gasteiger partial charge in [0.1, 0.15) is 11.0 Å². The Balaban J connectivity index is 2.13. The summed E-state index contributed by atoms with van der Waals surface area (Å²) in [5, 5.41) is 3.47. The molecule has 0 unspecified atom stereocenters. The monoisotopic (exact) mass is 262 g/mol. The van der Waals surface area contributed by atoms with E-state index in [9.17, 15) is 0 Å². The predicted molar refractivity (Wildman–Crippen MR) is 75.2 cm³/mol. The second kappa shape index (κ2) is 5.69. The van der Waals surface area contributed by atoms with Crippen LogP contribution < -0.4 is 11.1 Å². The van der Waals surface area contributed by atoms with Gasteiger partial charge >= 0.3 is 0 Å². The lowest BCUT2D eigenvalue weighted by Gasteiger charge is -2.07. The number of nitrogen functional groups attached to an aromatic ring is 1. The SMILES string of the molecule is CCCc1ccc(Nc2cc(Cl)nc(N)n2)cc1. The Hall–Kier alpha value is -1.81. The lowest BCUT2D eigenvalue weighted by Crippen LogP contribution is -2.00. The number of nitrogens with two attached hydrogens (primary N) is 1. The average Bonchev–Trinajstić information content (AvgIpc) is 2.31. The van der Waals surface area contributed by atoms with E-state index in [-0.39, 0.29) is 5.95 Å². The van der Waals surface area contributed by atoms with Crippen molar-refractivity contribution < 1.29 is 0 Å². The Kier molecular flexibility index (Phi) is 3.99. The number of nitrogens with zero attached hydrogens (tertiary/aromatic N) is 2. The van der Waals surface area contributed by atoms with E-state index in [4.69, 9.17) is 17.3 Å². The minimum absolute atomic E-state index is 0.160. The molecule has 0 spiro atoms. The number of nitrogens with one attached hydrogen (secondary N) is 1. The summed E-state index contributed by atoms with van der Waals surface area (Å²) in [4.78, 5) is 7.87. The molecule has 1 aromatic carbocycles. The van der Waals surface area contributed by atoms with E-state index in [0.717, 1.165) is 18.5 Å². The molecular weight excluding hydrogens is 248 g/mol. The minimum atomic E-state index is 0.160. The van der Waals surface area contributed by atoms with Crippen molar-refractivity contribution in [3.05, 3.63) is 41.0 Å². The number of benzene rings is 1. The van der Waals surface area contributed by atoms with Gasteiger partial charge in [-0.2, -0.15) is 4.98 Å². The lowest BCUT2D eigenvalue weighted by atomic mass is 10.1. The molecule has 94 valence electrons. The Labute approximate surface area is 111 Å². The Morgan fingerprint density at radius 2 is 1.94 bits per heavy atom. The first-order valence-electron chi connectivity index (χ1n) is 5.83. The van der Waals surface area contributed by atoms with Crippen LogP contribution in [0.2, 0.25) is 5.15 Å². The molecule has 0 saturated heterocycles. The molecule has 0 aliphatic heterocycles. The van der Waals surface area contributed by atoms with Gasteiger partial charge in [0, 0.05) is 11.8 Å². The quantitative estimate of drug-likeness (QED) is 0.829. The van der Waals surface area contributed by atoms with E-state index in [0.29, 0.717) is 11.0 Å². The fourth-order valence-corrected chi connectivity index (χ4v) is 1.88. The summed E-state index contributed by atoms with van der Waals surface area (Å²) in [6.07, 6.45) is 2.23. The van der Waals surface area contributed by atoms with Gasteiger partial charge in [0.05, 0.1) is 0 Å². The molecule has 0 atom stereocenters. The summed E-state index contributed by atoms with van der Waals surface area (Å²) >= 11 is 5.81. The molecule has 18 heavy (non-hydrogen) atoms. The molecule has 0 bridgehead atoms. The second-order valence-corrected chi connectivity index (χ2v) is 4.39.